The Bertz CT molecular complexity index is 235. The van der Waals surface area contributed by atoms with Crippen LogP contribution in [0.1, 0.15) is 13.3 Å². The lowest BCUT2D eigenvalue weighted by Crippen LogP contribution is -2.35. The molecule has 1 heterocycles. The lowest BCUT2D eigenvalue weighted by atomic mass is 10.0. The Balaban J connectivity index is 2.42. The maximum Gasteiger partial charge on any atom is 0.297 e. The van der Waals surface area contributed by atoms with Crippen LogP contribution >= 0.6 is 10.7 Å². The van der Waals surface area contributed by atoms with Crippen LogP contribution in [0, 0.1) is 5.92 Å². The second kappa shape index (κ2) is 3.91. The minimum Gasteiger partial charge on any atom is -0.381 e. The number of hydrogen-bond acceptors (Lipinski definition) is 3. The normalized spacial score (nSPS) is 27.3. The van der Waals surface area contributed by atoms with Crippen LogP contribution in [0.5, 0.6) is 0 Å². The summed E-state index contributed by atoms with van der Waals surface area (Å²) in [6.45, 7) is 3.11. The Morgan fingerprint density at radius 3 is 2.75 bits per heavy atom. The van der Waals surface area contributed by atoms with Gasteiger partial charge in [-0.1, -0.05) is 0 Å². The van der Waals surface area contributed by atoms with Crippen LogP contribution in [0.4, 0.5) is 0 Å². The molecule has 1 N–H and O–H groups in total. The standard InChI is InChI=1S/C6H12ClNO3S/c1-5(8-12(7,9)10)6-2-3-11-4-6/h5-6,8H,2-4H2,1H3. The Morgan fingerprint density at radius 2 is 2.33 bits per heavy atom. The number of rotatable bonds is 3. The largest absolute Gasteiger partial charge is 0.381 e. The van der Waals surface area contributed by atoms with Gasteiger partial charge in [0.2, 0.25) is 0 Å². The van der Waals surface area contributed by atoms with E-state index in [4.69, 9.17) is 15.4 Å². The Kier molecular flexibility index (Phi) is 3.34. The van der Waals surface area contributed by atoms with Gasteiger partial charge < -0.3 is 4.74 Å². The first-order valence-corrected chi connectivity index (χ1v) is 6.09. The summed E-state index contributed by atoms with van der Waals surface area (Å²) >= 11 is 0. The molecule has 1 rings (SSSR count). The topological polar surface area (TPSA) is 55.4 Å². The van der Waals surface area contributed by atoms with Gasteiger partial charge in [-0.3, -0.25) is 0 Å². The second-order valence-electron chi connectivity index (χ2n) is 2.97. The molecule has 0 aromatic rings. The van der Waals surface area contributed by atoms with Gasteiger partial charge in [-0.15, -0.1) is 0 Å². The minimum atomic E-state index is -3.59. The SMILES string of the molecule is CC(NS(=O)(=O)Cl)C1CCOC1. The van der Waals surface area contributed by atoms with Crippen LogP contribution in [-0.2, 0) is 14.0 Å². The molecule has 4 nitrogen and oxygen atoms in total. The van der Waals surface area contributed by atoms with Crippen molar-refractivity contribution in [3.8, 4) is 0 Å². The molecule has 2 atom stereocenters. The lowest BCUT2D eigenvalue weighted by molar-refractivity contribution is 0.181. The summed E-state index contributed by atoms with van der Waals surface area (Å²) in [6.07, 6.45) is 0.889. The van der Waals surface area contributed by atoms with Gasteiger partial charge in [0, 0.05) is 29.2 Å². The van der Waals surface area contributed by atoms with Crippen molar-refractivity contribution in [3.63, 3.8) is 0 Å². The third-order valence-corrected chi connectivity index (χ3v) is 2.92. The first-order valence-electron chi connectivity index (χ1n) is 3.78. The zero-order valence-corrected chi connectivity index (χ0v) is 8.36. The fourth-order valence-electron chi connectivity index (χ4n) is 1.27. The van der Waals surface area contributed by atoms with E-state index in [9.17, 15) is 8.42 Å². The fraction of sp³-hybridized carbons (Fsp3) is 1.00. The molecule has 0 bridgehead atoms. The fourth-order valence-corrected chi connectivity index (χ4v) is 2.32. The number of nitrogens with one attached hydrogen (secondary N) is 1. The molecule has 12 heavy (non-hydrogen) atoms. The first-order chi connectivity index (χ1) is 5.49. The molecule has 0 saturated carbocycles. The number of ether oxygens (including phenoxy) is 1. The second-order valence-corrected chi connectivity index (χ2v) is 5.30. The molecule has 0 aromatic heterocycles. The van der Waals surface area contributed by atoms with Gasteiger partial charge in [0.1, 0.15) is 0 Å². The summed E-state index contributed by atoms with van der Waals surface area (Å²) in [7, 11) is 1.43. The van der Waals surface area contributed by atoms with Gasteiger partial charge in [0.05, 0.1) is 6.61 Å². The van der Waals surface area contributed by atoms with Gasteiger partial charge in [0.15, 0.2) is 0 Å². The summed E-state index contributed by atoms with van der Waals surface area (Å²) in [5.74, 6) is 0.249. The maximum atomic E-state index is 10.6. The molecule has 1 saturated heterocycles. The van der Waals surface area contributed by atoms with Crippen molar-refractivity contribution in [2.45, 2.75) is 19.4 Å². The number of hydrogen-bond donors (Lipinski definition) is 1. The summed E-state index contributed by atoms with van der Waals surface area (Å²) in [6, 6.07) is -0.144. The van der Waals surface area contributed by atoms with Gasteiger partial charge in [-0.05, 0) is 13.3 Å². The summed E-state index contributed by atoms with van der Waals surface area (Å²) in [5.41, 5.74) is 0. The third-order valence-electron chi connectivity index (χ3n) is 2.00. The lowest BCUT2D eigenvalue weighted by Gasteiger charge is -2.16. The van der Waals surface area contributed by atoms with E-state index in [0.29, 0.717) is 13.2 Å². The van der Waals surface area contributed by atoms with Crippen molar-refractivity contribution in [2.24, 2.45) is 5.92 Å². The highest BCUT2D eigenvalue weighted by Gasteiger charge is 2.24. The highest BCUT2D eigenvalue weighted by Crippen LogP contribution is 2.17. The van der Waals surface area contributed by atoms with E-state index in [0.717, 1.165) is 6.42 Å². The highest BCUT2D eigenvalue weighted by atomic mass is 35.7. The average molecular weight is 214 g/mol. The van der Waals surface area contributed by atoms with E-state index in [1.165, 1.54) is 0 Å². The minimum absolute atomic E-state index is 0.144. The van der Waals surface area contributed by atoms with Crippen LogP contribution in [0.15, 0.2) is 0 Å². The van der Waals surface area contributed by atoms with E-state index in [1.54, 1.807) is 6.92 Å². The Morgan fingerprint density at radius 1 is 1.67 bits per heavy atom. The van der Waals surface area contributed by atoms with Gasteiger partial charge in [0.25, 0.3) is 9.24 Å². The monoisotopic (exact) mass is 213 g/mol. The molecule has 1 aliphatic heterocycles. The van der Waals surface area contributed by atoms with E-state index in [-0.39, 0.29) is 12.0 Å². The maximum absolute atomic E-state index is 10.6. The third kappa shape index (κ3) is 3.26. The van der Waals surface area contributed by atoms with Crippen LogP contribution in [0.25, 0.3) is 0 Å². The molecule has 0 spiro atoms. The average Bonchev–Trinajstić information content (AvgIpc) is 2.32. The molecular weight excluding hydrogens is 202 g/mol. The Labute approximate surface area is 76.8 Å². The Hall–Kier alpha value is 0.160. The van der Waals surface area contributed by atoms with Crippen molar-refractivity contribution >= 4 is 19.9 Å². The van der Waals surface area contributed by atoms with Crippen molar-refractivity contribution in [3.05, 3.63) is 0 Å². The molecule has 72 valence electrons. The molecule has 1 aliphatic rings. The molecule has 1 fully saturated rings. The molecule has 0 radical (unpaired) electrons. The zero-order chi connectivity index (χ0) is 9.19. The molecular formula is C6H12ClNO3S. The summed E-state index contributed by atoms with van der Waals surface area (Å²) in [5, 5.41) is 0. The van der Waals surface area contributed by atoms with Crippen molar-refractivity contribution in [2.75, 3.05) is 13.2 Å². The molecule has 0 aromatic carbocycles. The van der Waals surface area contributed by atoms with Crippen molar-refractivity contribution < 1.29 is 13.2 Å². The van der Waals surface area contributed by atoms with Crippen molar-refractivity contribution in [1.29, 1.82) is 0 Å². The van der Waals surface area contributed by atoms with Crippen LogP contribution in [0.3, 0.4) is 0 Å². The smallest absolute Gasteiger partial charge is 0.297 e. The van der Waals surface area contributed by atoms with E-state index in [2.05, 4.69) is 4.72 Å². The predicted molar refractivity (Wildman–Crippen MR) is 46.3 cm³/mol. The molecule has 0 amide bonds. The van der Waals surface area contributed by atoms with E-state index >= 15 is 0 Å². The molecule has 6 heteroatoms. The number of halogens is 1. The van der Waals surface area contributed by atoms with Gasteiger partial charge in [-0.2, -0.15) is 13.1 Å². The van der Waals surface area contributed by atoms with E-state index in [1.807, 2.05) is 0 Å². The van der Waals surface area contributed by atoms with Gasteiger partial charge in [-0.25, -0.2) is 0 Å². The summed E-state index contributed by atoms with van der Waals surface area (Å²) < 4.78 is 28.7. The first kappa shape index (κ1) is 10.2. The predicted octanol–water partition coefficient (Wildman–Crippen LogP) is 0.485. The van der Waals surface area contributed by atoms with Crippen LogP contribution in [-0.4, -0.2) is 27.7 Å². The highest BCUT2D eigenvalue weighted by molar-refractivity contribution is 8.12. The van der Waals surface area contributed by atoms with E-state index < -0.39 is 9.24 Å². The van der Waals surface area contributed by atoms with Gasteiger partial charge >= 0.3 is 0 Å². The summed E-state index contributed by atoms with van der Waals surface area (Å²) in [4.78, 5) is 0. The van der Waals surface area contributed by atoms with Crippen molar-refractivity contribution in [1.82, 2.24) is 4.72 Å². The van der Waals surface area contributed by atoms with Crippen LogP contribution in [0.2, 0.25) is 0 Å². The zero-order valence-electron chi connectivity index (χ0n) is 6.79. The quantitative estimate of drug-likeness (QED) is 0.694. The van der Waals surface area contributed by atoms with Crippen LogP contribution < -0.4 is 4.72 Å². The molecule has 0 aliphatic carbocycles. The molecule has 2 unspecified atom stereocenters.